The van der Waals surface area contributed by atoms with Gasteiger partial charge in [0.1, 0.15) is 5.82 Å². The zero-order valence-electron chi connectivity index (χ0n) is 21.1. The molecule has 3 heterocycles. The minimum atomic E-state index is -0.473. The van der Waals surface area contributed by atoms with Crippen molar-refractivity contribution in [2.45, 2.75) is 32.6 Å². The molecule has 3 aromatic rings. The number of carbonyl (C=O) groups excluding carboxylic acids is 3. The van der Waals surface area contributed by atoms with Gasteiger partial charge in [0.2, 0.25) is 0 Å². The number of fused-ring (bicyclic) bond motifs is 2. The average molecular weight is 528 g/mol. The van der Waals surface area contributed by atoms with Crippen LogP contribution in [0.25, 0.3) is 0 Å². The fourth-order valence-corrected chi connectivity index (χ4v) is 5.89. The van der Waals surface area contributed by atoms with Gasteiger partial charge in [-0.15, -0.1) is 5.06 Å². The summed E-state index contributed by atoms with van der Waals surface area (Å²) in [5, 5.41) is 1.46. The number of carbonyl (C=O) groups is 3. The zero-order chi connectivity index (χ0) is 26.6. The molecule has 1 aromatic heterocycles. The smallest absolute Gasteiger partial charge is 0.285 e. The number of benzene rings is 2. The van der Waals surface area contributed by atoms with E-state index in [1.807, 2.05) is 41.3 Å². The topological polar surface area (TPSA) is 79.8 Å². The van der Waals surface area contributed by atoms with Gasteiger partial charge in [0.15, 0.2) is 5.78 Å². The minimum absolute atomic E-state index is 0.0541. The third-order valence-electron chi connectivity index (χ3n) is 7.39. The Morgan fingerprint density at radius 2 is 1.63 bits per heavy atom. The van der Waals surface area contributed by atoms with Gasteiger partial charge in [-0.05, 0) is 47.7 Å². The molecule has 8 heteroatoms. The summed E-state index contributed by atoms with van der Waals surface area (Å²) in [6.07, 6.45) is 2.86. The maximum Gasteiger partial charge on any atom is 0.285 e. The molecule has 1 aliphatic carbocycles. The number of rotatable bonds is 5. The first-order valence-corrected chi connectivity index (χ1v) is 13.0. The summed E-state index contributed by atoms with van der Waals surface area (Å²) in [7, 11) is 0. The van der Waals surface area contributed by atoms with E-state index in [4.69, 9.17) is 21.4 Å². The highest BCUT2D eigenvalue weighted by molar-refractivity contribution is 6.30. The number of hydrogen-bond acceptors (Lipinski definition) is 6. The zero-order valence-corrected chi connectivity index (χ0v) is 21.9. The van der Waals surface area contributed by atoms with E-state index in [9.17, 15) is 14.4 Å². The number of imide groups is 1. The molecule has 192 valence electrons. The van der Waals surface area contributed by atoms with Crippen molar-refractivity contribution in [3.8, 4) is 0 Å². The molecule has 1 atom stereocenters. The van der Waals surface area contributed by atoms with E-state index in [1.165, 1.54) is 0 Å². The lowest BCUT2D eigenvalue weighted by atomic mass is 9.68. The largest absolute Gasteiger partial charge is 0.327 e. The van der Waals surface area contributed by atoms with Crippen molar-refractivity contribution in [2.75, 3.05) is 18.1 Å². The second-order valence-corrected chi connectivity index (χ2v) is 11.1. The van der Waals surface area contributed by atoms with Crippen LogP contribution in [0.15, 0.2) is 78.1 Å². The van der Waals surface area contributed by atoms with Crippen LogP contribution in [0.5, 0.6) is 0 Å². The first-order chi connectivity index (χ1) is 18.2. The highest BCUT2D eigenvalue weighted by Crippen LogP contribution is 2.50. The predicted octanol–water partition coefficient (Wildman–Crippen LogP) is 5.56. The summed E-state index contributed by atoms with van der Waals surface area (Å²) in [5.74, 6) is -0.360. The number of Topliss-reactive ketones (excluding diaryl/α,β-unsaturated/α-hetero) is 1. The van der Waals surface area contributed by atoms with Crippen LogP contribution in [0.2, 0.25) is 5.02 Å². The molecule has 6 rings (SSSR count). The fraction of sp³-hybridized carbons (Fsp3) is 0.267. The molecule has 2 aliphatic heterocycles. The fourth-order valence-electron chi connectivity index (χ4n) is 5.76. The maximum atomic E-state index is 13.7. The molecular formula is C30H26ClN3O4. The molecule has 0 bridgehead atoms. The summed E-state index contributed by atoms with van der Waals surface area (Å²) in [5.41, 5.74) is 3.99. The highest BCUT2D eigenvalue weighted by atomic mass is 35.5. The first kappa shape index (κ1) is 24.5. The van der Waals surface area contributed by atoms with Crippen LogP contribution < -0.4 is 4.90 Å². The summed E-state index contributed by atoms with van der Waals surface area (Å²) in [6.45, 7) is 4.55. The lowest BCUT2D eigenvalue weighted by Crippen LogP contribution is -2.42. The number of allylic oxidation sites excluding steroid dienone is 2. The monoisotopic (exact) mass is 527 g/mol. The Hall–Kier alpha value is -3.81. The molecule has 0 fully saturated rings. The van der Waals surface area contributed by atoms with Crippen molar-refractivity contribution in [1.82, 2.24) is 10.0 Å². The third-order valence-corrected chi connectivity index (χ3v) is 7.64. The molecule has 38 heavy (non-hydrogen) atoms. The van der Waals surface area contributed by atoms with Gasteiger partial charge >= 0.3 is 0 Å². The highest BCUT2D eigenvalue weighted by Gasteiger charge is 2.44. The number of nitrogens with zero attached hydrogens (tertiary/aromatic N) is 3. The molecular weight excluding hydrogens is 502 g/mol. The van der Waals surface area contributed by atoms with Gasteiger partial charge in [0.05, 0.1) is 24.3 Å². The molecule has 1 unspecified atom stereocenters. The quantitative estimate of drug-likeness (QED) is 0.404. The van der Waals surface area contributed by atoms with Crippen LogP contribution >= 0.6 is 11.6 Å². The number of halogens is 1. The van der Waals surface area contributed by atoms with Gasteiger partial charge in [0, 0.05) is 40.4 Å². The van der Waals surface area contributed by atoms with Crippen LogP contribution in [0.1, 0.15) is 64.4 Å². The van der Waals surface area contributed by atoms with Crippen molar-refractivity contribution >= 4 is 35.0 Å². The molecule has 2 aromatic carbocycles. The summed E-state index contributed by atoms with van der Waals surface area (Å²) >= 11 is 6.17. The van der Waals surface area contributed by atoms with Gasteiger partial charge in [-0.3, -0.25) is 19.2 Å². The second kappa shape index (κ2) is 9.19. The average Bonchev–Trinajstić information content (AvgIpc) is 3.13. The molecule has 0 radical (unpaired) electrons. The van der Waals surface area contributed by atoms with Crippen LogP contribution in [0.3, 0.4) is 0 Å². The van der Waals surface area contributed by atoms with Crippen LogP contribution in [0.4, 0.5) is 5.82 Å². The minimum Gasteiger partial charge on any atom is -0.327 e. The van der Waals surface area contributed by atoms with E-state index < -0.39 is 11.8 Å². The van der Waals surface area contributed by atoms with Crippen molar-refractivity contribution in [3.63, 3.8) is 0 Å². The molecule has 3 aliphatic rings. The normalized spacial score (nSPS) is 20.0. The van der Waals surface area contributed by atoms with Crippen LogP contribution in [-0.2, 0) is 9.63 Å². The van der Waals surface area contributed by atoms with Crippen molar-refractivity contribution < 1.29 is 19.2 Å². The molecule has 0 N–H and O–H groups in total. The lowest BCUT2D eigenvalue weighted by Gasteiger charge is -2.44. The number of anilines is 1. The number of pyridine rings is 1. The number of ketones is 1. The lowest BCUT2D eigenvalue weighted by molar-refractivity contribution is -0.118. The van der Waals surface area contributed by atoms with Gasteiger partial charge < -0.3 is 4.90 Å². The van der Waals surface area contributed by atoms with Gasteiger partial charge in [0.25, 0.3) is 11.8 Å². The summed E-state index contributed by atoms with van der Waals surface area (Å²) in [6, 6.07) is 18.1. The van der Waals surface area contributed by atoms with Crippen LogP contribution in [-0.4, -0.2) is 40.8 Å². The van der Waals surface area contributed by atoms with Gasteiger partial charge in [-0.2, -0.15) is 0 Å². The predicted molar refractivity (Wildman–Crippen MR) is 143 cm³/mol. The van der Waals surface area contributed by atoms with Gasteiger partial charge in [-0.25, -0.2) is 4.98 Å². The molecule has 0 saturated heterocycles. The Morgan fingerprint density at radius 1 is 0.947 bits per heavy atom. The van der Waals surface area contributed by atoms with Gasteiger partial charge in [-0.1, -0.05) is 55.8 Å². The van der Waals surface area contributed by atoms with E-state index in [1.54, 1.807) is 30.5 Å². The van der Waals surface area contributed by atoms with E-state index in [-0.39, 0.29) is 23.7 Å². The third kappa shape index (κ3) is 4.03. The Bertz CT molecular complexity index is 1480. The second-order valence-electron chi connectivity index (χ2n) is 10.6. The summed E-state index contributed by atoms with van der Waals surface area (Å²) < 4.78 is 0. The molecule has 2 amide bonds. The Morgan fingerprint density at radius 3 is 2.32 bits per heavy atom. The summed E-state index contributed by atoms with van der Waals surface area (Å²) in [4.78, 5) is 51.7. The number of amides is 2. The number of hydrogen-bond donors (Lipinski definition) is 0. The number of hydroxylamine groups is 2. The maximum absolute atomic E-state index is 13.7. The van der Waals surface area contributed by atoms with Crippen molar-refractivity contribution in [3.05, 3.63) is 105 Å². The standard InChI is InChI=1S/C30H26ClN3O4/c1-30(2)16-23-26(24(35)17-30)25(18-9-11-19(31)12-10-18)22-8-5-13-32-27(22)33(23)14-15-38-34-28(36)20-6-3-4-7-21(20)29(34)37/h3-13,25H,14-17H2,1-2H3. The van der Waals surface area contributed by atoms with E-state index in [0.29, 0.717) is 35.5 Å². The van der Waals surface area contributed by atoms with Crippen molar-refractivity contribution in [1.29, 1.82) is 0 Å². The molecule has 7 nitrogen and oxygen atoms in total. The van der Waals surface area contributed by atoms with E-state index >= 15 is 0 Å². The molecule has 0 saturated carbocycles. The number of aromatic nitrogens is 1. The Labute approximate surface area is 225 Å². The van der Waals surface area contributed by atoms with Crippen LogP contribution in [0, 0.1) is 5.41 Å². The first-order valence-electron chi connectivity index (χ1n) is 12.6. The van der Waals surface area contributed by atoms with E-state index in [0.717, 1.165) is 33.3 Å². The Kier molecular flexibility index (Phi) is 5.93. The Balaban J connectivity index is 1.35. The SMILES string of the molecule is CC1(C)CC(=O)C2=C(C1)N(CCON1C(=O)c3ccccc3C1=O)c1ncccc1C2c1ccc(Cl)cc1. The molecule has 0 spiro atoms. The van der Waals surface area contributed by atoms with E-state index in [2.05, 4.69) is 13.8 Å². The van der Waals surface area contributed by atoms with Crippen molar-refractivity contribution in [2.24, 2.45) is 5.41 Å².